The molecule has 0 atom stereocenters. The highest BCUT2D eigenvalue weighted by atomic mass is 16.4. The van der Waals surface area contributed by atoms with E-state index in [4.69, 9.17) is 10.2 Å². The van der Waals surface area contributed by atoms with Crippen LogP contribution in [-0.4, -0.2) is 47.3 Å². The number of carbonyl (C=O) groups is 1. The lowest BCUT2D eigenvalue weighted by Gasteiger charge is -2.29. The lowest BCUT2D eigenvalue weighted by atomic mass is 10.1. The maximum absolute atomic E-state index is 12.0. The average Bonchev–Trinajstić information content (AvgIpc) is 3.42. The van der Waals surface area contributed by atoms with Crippen molar-refractivity contribution in [2.24, 2.45) is 5.73 Å². The van der Waals surface area contributed by atoms with E-state index in [1.807, 2.05) is 42.5 Å². The zero-order chi connectivity index (χ0) is 19.8. The molecule has 0 radical (unpaired) electrons. The highest BCUT2D eigenvalue weighted by molar-refractivity contribution is 5.98. The summed E-state index contributed by atoms with van der Waals surface area (Å²) in [5.41, 5.74) is 9.22. The number of nitrogens with two attached hydrogens (primary N) is 1. The number of hydrogen-bond donors (Lipinski definition) is 3. The fourth-order valence-corrected chi connectivity index (χ4v) is 3.70. The second-order valence-corrected chi connectivity index (χ2v) is 6.98. The first-order chi connectivity index (χ1) is 14.2. The molecule has 0 unspecified atom stereocenters. The van der Waals surface area contributed by atoms with E-state index in [1.54, 1.807) is 6.20 Å². The van der Waals surface area contributed by atoms with Crippen molar-refractivity contribution in [1.29, 1.82) is 0 Å². The molecule has 0 spiro atoms. The molecular formula is C21H20N6O2. The van der Waals surface area contributed by atoms with E-state index in [0.717, 1.165) is 53.9 Å². The Morgan fingerprint density at radius 3 is 2.66 bits per heavy atom. The first-order valence-electron chi connectivity index (χ1n) is 9.50. The van der Waals surface area contributed by atoms with Crippen LogP contribution >= 0.6 is 0 Å². The summed E-state index contributed by atoms with van der Waals surface area (Å²) in [4.78, 5) is 18.8. The Kier molecular flexibility index (Phi) is 4.25. The van der Waals surface area contributed by atoms with Crippen LogP contribution in [0.25, 0.3) is 33.7 Å². The maximum atomic E-state index is 12.0. The summed E-state index contributed by atoms with van der Waals surface area (Å²) in [6.45, 7) is 3.87. The van der Waals surface area contributed by atoms with Gasteiger partial charge in [-0.25, -0.2) is 4.98 Å². The van der Waals surface area contributed by atoms with Gasteiger partial charge in [-0.1, -0.05) is 6.07 Å². The number of hydrogen-bond acceptors (Lipinski definition) is 6. The van der Waals surface area contributed by atoms with Gasteiger partial charge in [0.05, 0.1) is 11.7 Å². The quantitative estimate of drug-likeness (QED) is 0.495. The number of amides is 1. The predicted octanol–water partition coefficient (Wildman–Crippen LogP) is 2.39. The standard InChI is InChI=1S/C21H20N6O2/c22-20(28)18-19(13-4-6-14(7-5-13)27-10-8-23-9-11-27)29-21(25-18)15-2-1-3-17-16(15)12-24-26-17/h1-7,12,23H,8-11H2,(H2,22,28)(H,24,26). The van der Waals surface area contributed by atoms with Gasteiger partial charge in [-0.15, -0.1) is 0 Å². The molecule has 4 aromatic rings. The summed E-state index contributed by atoms with van der Waals surface area (Å²) in [5.74, 6) is 0.0902. The second kappa shape index (κ2) is 7.06. The zero-order valence-electron chi connectivity index (χ0n) is 15.7. The molecule has 8 heteroatoms. The van der Waals surface area contributed by atoms with Crippen molar-refractivity contribution in [2.75, 3.05) is 31.1 Å². The predicted molar refractivity (Wildman–Crippen MR) is 111 cm³/mol. The number of nitrogens with zero attached hydrogens (tertiary/aromatic N) is 3. The number of primary amides is 1. The van der Waals surface area contributed by atoms with Crippen molar-refractivity contribution in [3.63, 3.8) is 0 Å². The van der Waals surface area contributed by atoms with Crippen molar-refractivity contribution >= 4 is 22.5 Å². The van der Waals surface area contributed by atoms with Gasteiger partial charge in [0.25, 0.3) is 5.91 Å². The van der Waals surface area contributed by atoms with Crippen LogP contribution in [0.15, 0.2) is 53.1 Å². The smallest absolute Gasteiger partial charge is 0.271 e. The molecule has 0 saturated carbocycles. The molecule has 2 aromatic heterocycles. The van der Waals surface area contributed by atoms with E-state index in [9.17, 15) is 4.79 Å². The molecule has 1 aliphatic heterocycles. The van der Waals surface area contributed by atoms with Crippen LogP contribution in [0.4, 0.5) is 5.69 Å². The van der Waals surface area contributed by atoms with Crippen LogP contribution in [0.3, 0.4) is 0 Å². The Morgan fingerprint density at radius 1 is 1.10 bits per heavy atom. The molecule has 1 aliphatic rings. The van der Waals surface area contributed by atoms with Crippen LogP contribution in [0.5, 0.6) is 0 Å². The minimum Gasteiger partial charge on any atom is -0.435 e. The fourth-order valence-electron chi connectivity index (χ4n) is 3.70. The van der Waals surface area contributed by atoms with E-state index in [0.29, 0.717) is 11.7 Å². The van der Waals surface area contributed by atoms with Gasteiger partial charge in [0.1, 0.15) is 0 Å². The third-order valence-corrected chi connectivity index (χ3v) is 5.19. The van der Waals surface area contributed by atoms with Crippen LogP contribution in [0.1, 0.15) is 10.5 Å². The number of piperazine rings is 1. The number of oxazole rings is 1. The van der Waals surface area contributed by atoms with Crippen LogP contribution in [0, 0.1) is 0 Å². The molecule has 8 nitrogen and oxygen atoms in total. The minimum absolute atomic E-state index is 0.121. The molecule has 1 saturated heterocycles. The van der Waals surface area contributed by atoms with Gasteiger partial charge in [0.15, 0.2) is 11.5 Å². The van der Waals surface area contributed by atoms with Crippen molar-refractivity contribution in [3.8, 4) is 22.8 Å². The summed E-state index contributed by atoms with van der Waals surface area (Å²) in [7, 11) is 0. The maximum Gasteiger partial charge on any atom is 0.271 e. The zero-order valence-corrected chi connectivity index (χ0v) is 15.7. The van der Waals surface area contributed by atoms with Crippen molar-refractivity contribution in [3.05, 3.63) is 54.4 Å². The largest absolute Gasteiger partial charge is 0.435 e. The Morgan fingerprint density at radius 2 is 1.90 bits per heavy atom. The summed E-state index contributed by atoms with van der Waals surface area (Å²) >= 11 is 0. The molecule has 146 valence electrons. The number of H-pyrrole nitrogens is 1. The molecule has 5 rings (SSSR count). The van der Waals surface area contributed by atoms with E-state index in [1.165, 1.54) is 0 Å². The summed E-state index contributed by atoms with van der Waals surface area (Å²) in [6, 6.07) is 13.6. The van der Waals surface area contributed by atoms with Crippen LogP contribution in [-0.2, 0) is 0 Å². The molecule has 2 aromatic carbocycles. The third-order valence-electron chi connectivity index (χ3n) is 5.19. The Balaban J connectivity index is 1.55. The number of anilines is 1. The highest BCUT2D eigenvalue weighted by Gasteiger charge is 2.22. The fraction of sp³-hybridized carbons (Fsp3) is 0.190. The van der Waals surface area contributed by atoms with Gasteiger partial charge >= 0.3 is 0 Å². The van der Waals surface area contributed by atoms with E-state index >= 15 is 0 Å². The van der Waals surface area contributed by atoms with Gasteiger partial charge in [-0.3, -0.25) is 9.89 Å². The number of rotatable bonds is 4. The molecule has 0 aliphatic carbocycles. The molecule has 1 amide bonds. The number of nitrogens with one attached hydrogen (secondary N) is 2. The number of fused-ring (bicyclic) bond motifs is 1. The normalized spacial score (nSPS) is 14.4. The topological polar surface area (TPSA) is 113 Å². The van der Waals surface area contributed by atoms with Crippen molar-refractivity contribution in [1.82, 2.24) is 20.5 Å². The molecule has 29 heavy (non-hydrogen) atoms. The van der Waals surface area contributed by atoms with E-state index in [-0.39, 0.29) is 5.69 Å². The van der Waals surface area contributed by atoms with E-state index in [2.05, 4.69) is 25.4 Å². The summed E-state index contributed by atoms with van der Waals surface area (Å²) in [5, 5.41) is 11.2. The summed E-state index contributed by atoms with van der Waals surface area (Å²) < 4.78 is 6.03. The Hall–Kier alpha value is -3.65. The molecule has 0 bridgehead atoms. The van der Waals surface area contributed by atoms with Crippen LogP contribution < -0.4 is 16.0 Å². The lowest BCUT2D eigenvalue weighted by Crippen LogP contribution is -2.43. The average molecular weight is 388 g/mol. The number of carbonyl (C=O) groups excluding carboxylic acids is 1. The van der Waals surface area contributed by atoms with Crippen molar-refractivity contribution in [2.45, 2.75) is 0 Å². The van der Waals surface area contributed by atoms with Crippen molar-refractivity contribution < 1.29 is 9.21 Å². The number of aromatic nitrogens is 3. The van der Waals surface area contributed by atoms with Gasteiger partial charge in [0.2, 0.25) is 5.89 Å². The SMILES string of the molecule is NC(=O)c1nc(-c2cccc3[nH]ncc23)oc1-c1ccc(N2CCNCC2)cc1. The molecular weight excluding hydrogens is 368 g/mol. The minimum atomic E-state index is -0.624. The second-order valence-electron chi connectivity index (χ2n) is 6.98. The first kappa shape index (κ1) is 17.4. The van der Waals surface area contributed by atoms with E-state index < -0.39 is 5.91 Å². The monoisotopic (exact) mass is 388 g/mol. The number of aromatic amines is 1. The van der Waals surface area contributed by atoms with Crippen LogP contribution in [0.2, 0.25) is 0 Å². The first-order valence-corrected chi connectivity index (χ1v) is 9.50. The summed E-state index contributed by atoms with van der Waals surface area (Å²) in [6.07, 6.45) is 1.71. The molecule has 1 fully saturated rings. The Bertz CT molecular complexity index is 1170. The molecule has 4 N–H and O–H groups in total. The Labute approximate surface area is 166 Å². The van der Waals surface area contributed by atoms with Gasteiger partial charge in [0, 0.05) is 48.4 Å². The molecule has 3 heterocycles. The number of benzene rings is 2. The van der Waals surface area contributed by atoms with Gasteiger partial charge in [-0.05, 0) is 36.4 Å². The highest BCUT2D eigenvalue weighted by Crippen LogP contribution is 2.33. The lowest BCUT2D eigenvalue weighted by molar-refractivity contribution is 0.0996. The van der Waals surface area contributed by atoms with Gasteiger partial charge in [-0.2, -0.15) is 5.10 Å². The van der Waals surface area contributed by atoms with Gasteiger partial charge < -0.3 is 20.4 Å². The third kappa shape index (κ3) is 3.13.